The third-order valence-electron chi connectivity index (χ3n) is 3.09. The molecule has 0 aliphatic rings. The Hall–Kier alpha value is -1.95. The quantitative estimate of drug-likeness (QED) is 0.920. The minimum Gasteiger partial charge on any atom is -0.320 e. The van der Waals surface area contributed by atoms with E-state index in [-0.39, 0.29) is 5.56 Å². The zero-order valence-corrected chi connectivity index (χ0v) is 11.1. The topological polar surface area (TPSA) is 51.8 Å². The Morgan fingerprint density at radius 1 is 1.10 bits per heavy atom. The molecule has 0 saturated carbocycles. The monoisotopic (exact) mass is 281 g/mol. The van der Waals surface area contributed by atoms with Gasteiger partial charge in [0.25, 0.3) is 0 Å². The Bertz CT molecular complexity index is 623. The lowest BCUT2D eigenvalue weighted by molar-refractivity contribution is -0.138. The van der Waals surface area contributed by atoms with Crippen molar-refractivity contribution >= 4 is 0 Å². The first-order valence-corrected chi connectivity index (χ1v) is 6.01. The summed E-state index contributed by atoms with van der Waals surface area (Å²) in [5, 5.41) is 0. The van der Waals surface area contributed by atoms with Crippen LogP contribution in [0.5, 0.6) is 0 Å². The summed E-state index contributed by atoms with van der Waals surface area (Å²) < 4.78 is 39.0. The Morgan fingerprint density at radius 2 is 1.80 bits per heavy atom. The molecule has 20 heavy (non-hydrogen) atoms. The highest BCUT2D eigenvalue weighted by atomic mass is 19.4. The summed E-state index contributed by atoms with van der Waals surface area (Å²) in [6.07, 6.45) is -2.19. The predicted octanol–water partition coefficient (Wildman–Crippen LogP) is 3.16. The largest absolute Gasteiger partial charge is 0.416 e. The van der Waals surface area contributed by atoms with Gasteiger partial charge in [-0.2, -0.15) is 13.2 Å². The van der Waals surface area contributed by atoms with Gasteiger partial charge in [0.2, 0.25) is 0 Å². The maximum absolute atomic E-state index is 13.0. The fraction of sp³-hybridized carbons (Fsp3) is 0.286. The van der Waals surface area contributed by atoms with Crippen molar-refractivity contribution in [3.05, 3.63) is 58.7 Å². The molecule has 0 aliphatic heterocycles. The minimum absolute atomic E-state index is 0.0475. The lowest BCUT2D eigenvalue weighted by Crippen LogP contribution is -2.20. The molecule has 0 aromatic carbocycles. The second kappa shape index (κ2) is 5.20. The number of aromatic nitrogens is 2. The van der Waals surface area contributed by atoms with Crippen LogP contribution < -0.4 is 5.73 Å². The number of alkyl halides is 3. The lowest BCUT2D eigenvalue weighted by Gasteiger charge is -2.19. The number of rotatable bonds is 2. The maximum Gasteiger partial charge on any atom is 0.416 e. The molecule has 2 rings (SSSR count). The predicted molar refractivity (Wildman–Crippen MR) is 69.0 cm³/mol. The molecule has 2 N–H and O–H groups in total. The van der Waals surface area contributed by atoms with Crippen molar-refractivity contribution in [2.24, 2.45) is 5.73 Å². The van der Waals surface area contributed by atoms with Gasteiger partial charge in [-0.15, -0.1) is 0 Å². The Labute approximate surface area is 114 Å². The number of aryl methyl sites for hydroxylation is 2. The van der Waals surface area contributed by atoms with E-state index in [4.69, 9.17) is 5.73 Å². The second-order valence-corrected chi connectivity index (χ2v) is 4.57. The highest BCUT2D eigenvalue weighted by molar-refractivity contribution is 5.38. The normalized spacial score (nSPS) is 13.3. The summed E-state index contributed by atoms with van der Waals surface area (Å²) in [6, 6.07) is 3.46. The molecule has 0 aliphatic carbocycles. The first kappa shape index (κ1) is 14.5. The van der Waals surface area contributed by atoms with Crippen LogP contribution in [0.25, 0.3) is 0 Å². The lowest BCUT2D eigenvalue weighted by atomic mass is 9.95. The Morgan fingerprint density at radius 3 is 2.40 bits per heavy atom. The number of hydrogen-bond donors (Lipinski definition) is 1. The van der Waals surface area contributed by atoms with Gasteiger partial charge in [0.05, 0.1) is 11.6 Å². The first-order valence-electron chi connectivity index (χ1n) is 6.01. The van der Waals surface area contributed by atoms with E-state index in [1.54, 1.807) is 19.1 Å². The van der Waals surface area contributed by atoms with Crippen LogP contribution in [0, 0.1) is 13.8 Å². The van der Waals surface area contributed by atoms with E-state index in [2.05, 4.69) is 9.97 Å². The van der Waals surface area contributed by atoms with Crippen molar-refractivity contribution < 1.29 is 13.2 Å². The van der Waals surface area contributed by atoms with Gasteiger partial charge >= 0.3 is 6.18 Å². The summed E-state index contributed by atoms with van der Waals surface area (Å²) in [4.78, 5) is 7.98. The molecule has 3 nitrogen and oxygen atoms in total. The van der Waals surface area contributed by atoms with Crippen molar-refractivity contribution in [3.8, 4) is 0 Å². The van der Waals surface area contributed by atoms with E-state index in [1.165, 1.54) is 0 Å². The zero-order chi connectivity index (χ0) is 14.9. The van der Waals surface area contributed by atoms with Crippen LogP contribution in [0.2, 0.25) is 0 Å². The van der Waals surface area contributed by atoms with Crippen LogP contribution in [0.3, 0.4) is 0 Å². The number of pyridine rings is 2. The van der Waals surface area contributed by atoms with Gasteiger partial charge in [0.15, 0.2) is 0 Å². The van der Waals surface area contributed by atoms with Crippen LogP contribution in [0.15, 0.2) is 30.6 Å². The molecule has 0 radical (unpaired) electrons. The number of halogens is 3. The van der Waals surface area contributed by atoms with Gasteiger partial charge in [0, 0.05) is 29.3 Å². The number of nitrogens with zero attached hydrogens (tertiary/aromatic N) is 2. The van der Waals surface area contributed by atoms with Gasteiger partial charge in [-0.25, -0.2) is 0 Å². The van der Waals surface area contributed by atoms with Crippen LogP contribution in [-0.2, 0) is 6.18 Å². The van der Waals surface area contributed by atoms with E-state index in [0.717, 1.165) is 24.2 Å². The second-order valence-electron chi connectivity index (χ2n) is 4.57. The zero-order valence-electron chi connectivity index (χ0n) is 11.1. The van der Waals surface area contributed by atoms with Gasteiger partial charge in [0.1, 0.15) is 0 Å². The van der Waals surface area contributed by atoms with Gasteiger partial charge in [-0.05, 0) is 31.5 Å². The number of hydrogen-bond acceptors (Lipinski definition) is 3. The van der Waals surface area contributed by atoms with E-state index in [1.807, 2.05) is 6.92 Å². The molecule has 2 aromatic heterocycles. The summed E-state index contributed by atoms with van der Waals surface area (Å²) in [5.74, 6) is 0. The van der Waals surface area contributed by atoms with E-state index >= 15 is 0 Å². The highest BCUT2D eigenvalue weighted by Gasteiger charge is 2.35. The molecule has 106 valence electrons. The fourth-order valence-corrected chi connectivity index (χ4v) is 2.11. The average molecular weight is 281 g/mol. The molecule has 0 amide bonds. The molecule has 0 fully saturated rings. The molecule has 0 bridgehead atoms. The standard InChI is InChI=1S/C14H14F3N3/c1-8-3-4-10(9(2)20-8)13(18)11-7-19-6-5-12(11)14(15,16)17/h3-7,13H,18H2,1-2H3. The first-order chi connectivity index (χ1) is 9.30. The van der Waals surface area contributed by atoms with Crippen LogP contribution in [-0.4, -0.2) is 9.97 Å². The van der Waals surface area contributed by atoms with Crippen LogP contribution in [0.4, 0.5) is 13.2 Å². The van der Waals surface area contributed by atoms with Crippen LogP contribution in [0.1, 0.15) is 34.1 Å². The van der Waals surface area contributed by atoms with Crippen molar-refractivity contribution in [3.63, 3.8) is 0 Å². The molecule has 6 heteroatoms. The molecular weight excluding hydrogens is 267 g/mol. The van der Waals surface area contributed by atoms with Crippen molar-refractivity contribution in [1.82, 2.24) is 9.97 Å². The van der Waals surface area contributed by atoms with Gasteiger partial charge < -0.3 is 5.73 Å². The van der Waals surface area contributed by atoms with E-state index in [0.29, 0.717) is 11.3 Å². The summed E-state index contributed by atoms with van der Waals surface area (Å²) in [6.45, 7) is 3.54. The molecule has 0 saturated heterocycles. The van der Waals surface area contributed by atoms with Crippen LogP contribution >= 0.6 is 0 Å². The van der Waals surface area contributed by atoms with E-state index < -0.39 is 17.8 Å². The minimum atomic E-state index is -4.46. The molecule has 1 unspecified atom stereocenters. The molecule has 2 aromatic rings. The molecule has 2 heterocycles. The summed E-state index contributed by atoms with van der Waals surface area (Å²) >= 11 is 0. The summed E-state index contributed by atoms with van der Waals surface area (Å²) in [7, 11) is 0. The van der Waals surface area contributed by atoms with Gasteiger partial charge in [-0.3, -0.25) is 9.97 Å². The summed E-state index contributed by atoms with van der Waals surface area (Å²) in [5.41, 5.74) is 7.15. The Kier molecular flexibility index (Phi) is 3.76. The molecule has 1 atom stereocenters. The van der Waals surface area contributed by atoms with Crippen molar-refractivity contribution in [2.75, 3.05) is 0 Å². The number of nitrogens with two attached hydrogens (primary N) is 1. The van der Waals surface area contributed by atoms with Crippen molar-refractivity contribution in [2.45, 2.75) is 26.1 Å². The van der Waals surface area contributed by atoms with Gasteiger partial charge in [-0.1, -0.05) is 6.07 Å². The third-order valence-corrected chi connectivity index (χ3v) is 3.09. The smallest absolute Gasteiger partial charge is 0.320 e. The average Bonchev–Trinajstić information content (AvgIpc) is 2.37. The molecule has 0 spiro atoms. The SMILES string of the molecule is Cc1ccc(C(N)c2cnccc2C(F)(F)F)c(C)n1. The Balaban J connectivity index is 2.51. The van der Waals surface area contributed by atoms with Crippen molar-refractivity contribution in [1.29, 1.82) is 0 Å². The fourth-order valence-electron chi connectivity index (χ4n) is 2.11. The molecular formula is C14H14F3N3. The highest BCUT2D eigenvalue weighted by Crippen LogP contribution is 2.35. The maximum atomic E-state index is 13.0. The van der Waals surface area contributed by atoms with E-state index in [9.17, 15) is 13.2 Å². The third kappa shape index (κ3) is 2.80.